The molecule has 0 bridgehead atoms. The van der Waals surface area contributed by atoms with Crippen LogP contribution in [-0.4, -0.2) is 380 Å². The number of rotatable bonds is 36. The highest BCUT2D eigenvalue weighted by atomic mass is 16.5. The number of nitrogens with zero attached hydrogens (tertiary/aromatic N) is 18. The summed E-state index contributed by atoms with van der Waals surface area (Å²) >= 11 is 0. The highest BCUT2D eigenvalue weighted by molar-refractivity contribution is 5.06. The Labute approximate surface area is 646 Å². The van der Waals surface area contributed by atoms with Crippen LogP contribution in [0.25, 0.3) is 0 Å². The summed E-state index contributed by atoms with van der Waals surface area (Å²) in [5.41, 5.74) is 5.11. The first-order valence-corrected chi connectivity index (χ1v) is 41.5. The molecule has 26 heteroatoms. The second-order valence-corrected chi connectivity index (χ2v) is 31.4. The Hall–Kier alpha value is -4.59. The first-order valence-electron chi connectivity index (χ1n) is 41.5. The first-order chi connectivity index (χ1) is 52.0. The van der Waals surface area contributed by atoms with E-state index in [4.69, 9.17) is 36.8 Å². The van der Waals surface area contributed by atoms with Crippen LogP contribution in [0.2, 0.25) is 0 Å². The molecule has 5 aromatic rings. The molecule has 26 nitrogen and oxygen atoms in total. The van der Waals surface area contributed by atoms with E-state index in [1.807, 2.05) is 65.0 Å². The van der Waals surface area contributed by atoms with E-state index < -0.39 is 0 Å². The molecule has 610 valence electrons. The van der Waals surface area contributed by atoms with Crippen molar-refractivity contribution in [1.29, 1.82) is 0 Å². The van der Waals surface area contributed by atoms with Crippen molar-refractivity contribution in [2.75, 3.05) is 285 Å². The molecule has 0 radical (unpaired) electrons. The lowest BCUT2D eigenvalue weighted by molar-refractivity contribution is 0.0125. The van der Waals surface area contributed by atoms with E-state index >= 15 is 0 Å². The Morgan fingerprint density at radius 2 is 0.589 bits per heavy atom. The zero-order valence-corrected chi connectivity index (χ0v) is 69.3. The number of unbranched alkanes of at least 4 members (excludes halogenated alkanes) is 6. The van der Waals surface area contributed by atoms with Gasteiger partial charge in [0.05, 0.1) is 42.6 Å². The van der Waals surface area contributed by atoms with Crippen LogP contribution in [-0.2, 0) is 46.5 Å². The van der Waals surface area contributed by atoms with Crippen molar-refractivity contribution in [1.82, 2.24) is 89.5 Å². The lowest BCUT2D eigenvalue weighted by atomic mass is 10.1. The molecule has 0 aromatic carbocycles. The van der Waals surface area contributed by atoms with Crippen LogP contribution in [0.15, 0.2) is 52.9 Å². The molecule has 7 fully saturated rings. The number of piperazine rings is 6. The Morgan fingerprint density at radius 1 is 0.290 bits per heavy atom. The van der Waals surface area contributed by atoms with E-state index in [1.54, 1.807) is 0 Å². The quantitative estimate of drug-likeness (QED) is 0.0348. The van der Waals surface area contributed by atoms with Gasteiger partial charge >= 0.3 is 0 Å². The van der Waals surface area contributed by atoms with Gasteiger partial charge in [0.1, 0.15) is 34.5 Å². The number of hydrogen-bond acceptors (Lipinski definition) is 26. The van der Waals surface area contributed by atoms with E-state index in [9.17, 15) is 0 Å². The summed E-state index contributed by atoms with van der Waals surface area (Å²) in [6.07, 6.45) is 17.4. The van der Waals surface area contributed by atoms with Crippen LogP contribution in [0.5, 0.6) is 0 Å². The Balaban J connectivity index is 0.000000180. The highest BCUT2D eigenvalue weighted by Crippen LogP contribution is 2.17. The lowest BCUT2D eigenvalue weighted by Gasteiger charge is -2.47. The second-order valence-electron chi connectivity index (χ2n) is 31.4. The molecule has 0 amide bonds. The molecule has 107 heavy (non-hydrogen) atoms. The van der Waals surface area contributed by atoms with Gasteiger partial charge in [0.2, 0.25) is 0 Å². The third-order valence-corrected chi connectivity index (χ3v) is 21.7. The van der Waals surface area contributed by atoms with Crippen LogP contribution in [0.3, 0.4) is 0 Å². The second kappa shape index (κ2) is 53.4. The molecule has 7 aliphatic heterocycles. The molecule has 0 aliphatic carbocycles. The summed E-state index contributed by atoms with van der Waals surface area (Å²) in [5, 5.41) is 19.9. The van der Waals surface area contributed by atoms with Gasteiger partial charge in [-0.3, -0.25) is 9.80 Å². The van der Waals surface area contributed by atoms with Gasteiger partial charge in [-0.15, -0.1) is 0 Å². The van der Waals surface area contributed by atoms with Gasteiger partial charge < -0.3 is 90.7 Å². The smallest absolute Gasteiger partial charge is 0.134 e. The summed E-state index contributed by atoms with van der Waals surface area (Å²) in [7, 11) is 13.2. The summed E-state index contributed by atoms with van der Waals surface area (Å²) in [6, 6.07) is 10.8. The molecule has 0 saturated carbocycles. The monoisotopic (exact) mass is 1500 g/mol. The Kier molecular flexibility index (Phi) is 44.7. The SMILES string of the molecule is CCN1CC(N2CCN(C)CC2)C1.Cc1cc(CCCCCCN2CCN(C)CC2)no1.Cc1cc(CCCCCN2CCN(C)CC2)no1.Cc1cc(CCCOCCN2CCN(C)CC2)no1.Cc1cc(CCOCCCN2CCN(C)CC2)no1.Cc1cc(COCCCCN2CCN(C)CC2)no1. The minimum atomic E-state index is 0.561. The van der Waals surface area contributed by atoms with E-state index in [0.717, 1.165) is 167 Å². The normalized spacial score (nSPS) is 19.4. The average molecular weight is 1500 g/mol. The van der Waals surface area contributed by atoms with Crippen LogP contribution in [0.1, 0.15) is 135 Å². The van der Waals surface area contributed by atoms with E-state index in [1.165, 1.54) is 235 Å². The number of aromatic nitrogens is 5. The summed E-state index contributed by atoms with van der Waals surface area (Å²) < 4.78 is 42.1. The standard InChI is InChI=1S/C15H27N3O.3C14H25N3O2.C14H25N3O.C10H21N3/c1-14-13-15(16-19-14)7-5-3-4-6-8-18-11-9-17(2)10-12-18;1-13-12-14(15-19-13)4-11-18-10-3-5-17-8-6-16(2)7-9-17;1-13-12-14(15-19-13)4-3-10-18-11-9-17-7-5-16(2)6-8-17;1-13-11-14(15-19-13)12-18-10-4-3-5-17-8-6-16(2)7-9-17;1-13-12-14(15-18-13)6-4-3-5-7-17-10-8-16(2)9-11-17;1-3-12-8-10(9-12)13-6-4-11(2)5-7-13/h13H,3-12H2,1-2H3;2*12H,3-11H2,1-2H3;11H,3-10,12H2,1-2H3;12H,3-11H2,1-2H3;10H,3-9H2,1-2H3. The fourth-order valence-corrected chi connectivity index (χ4v) is 14.1. The van der Waals surface area contributed by atoms with Gasteiger partial charge in [0.15, 0.2) is 0 Å². The maximum absolute atomic E-state index is 5.68. The largest absolute Gasteiger partial charge is 0.381 e. The van der Waals surface area contributed by atoms with Gasteiger partial charge in [-0.1, -0.05) is 52.0 Å². The Morgan fingerprint density at radius 3 is 0.972 bits per heavy atom. The summed E-state index contributed by atoms with van der Waals surface area (Å²) in [5.74, 6) is 4.43. The molecule has 12 heterocycles. The van der Waals surface area contributed by atoms with Gasteiger partial charge in [-0.2, -0.15) is 0 Å². The summed E-state index contributed by atoms with van der Waals surface area (Å²) in [4.78, 5) is 32.3. The number of aryl methyl sites for hydroxylation is 8. The lowest BCUT2D eigenvalue weighted by Crippen LogP contribution is -2.62. The molecule has 5 aromatic heterocycles. The van der Waals surface area contributed by atoms with Crippen molar-refractivity contribution in [3.8, 4) is 0 Å². The zero-order chi connectivity index (χ0) is 76.1. The van der Waals surface area contributed by atoms with Crippen molar-refractivity contribution in [2.45, 2.75) is 151 Å². The Bertz CT molecular complexity index is 2650. The molecular formula is C81H148N18O8. The van der Waals surface area contributed by atoms with Gasteiger partial charge in [0.25, 0.3) is 0 Å². The van der Waals surface area contributed by atoms with Crippen LogP contribution < -0.4 is 0 Å². The molecule has 7 saturated heterocycles. The fraction of sp³-hybridized carbons (Fsp3) is 0.815. The molecule has 0 N–H and O–H groups in total. The number of likely N-dealkylation sites (N-methyl/N-ethyl adjacent to an activating group) is 7. The molecule has 0 unspecified atom stereocenters. The third-order valence-electron chi connectivity index (χ3n) is 21.7. The maximum Gasteiger partial charge on any atom is 0.134 e. The molecule has 0 atom stereocenters. The molecule has 7 aliphatic rings. The van der Waals surface area contributed by atoms with Crippen LogP contribution >= 0.6 is 0 Å². The number of hydrogen-bond donors (Lipinski definition) is 0. The zero-order valence-electron chi connectivity index (χ0n) is 69.3. The fourth-order valence-electron chi connectivity index (χ4n) is 14.1. The van der Waals surface area contributed by atoms with Crippen LogP contribution in [0, 0.1) is 34.6 Å². The minimum Gasteiger partial charge on any atom is -0.381 e. The number of ether oxygens (including phenoxy) is 3. The van der Waals surface area contributed by atoms with Crippen molar-refractivity contribution in [3.05, 3.63) is 87.6 Å². The van der Waals surface area contributed by atoms with E-state index in [-0.39, 0.29) is 0 Å². The van der Waals surface area contributed by atoms with Crippen molar-refractivity contribution in [3.63, 3.8) is 0 Å². The van der Waals surface area contributed by atoms with Gasteiger partial charge in [-0.25, -0.2) is 0 Å². The van der Waals surface area contributed by atoms with E-state index in [2.05, 4.69) is 139 Å². The minimum absolute atomic E-state index is 0.561. The van der Waals surface area contributed by atoms with E-state index in [0.29, 0.717) is 6.61 Å². The van der Waals surface area contributed by atoms with Crippen molar-refractivity contribution < 1.29 is 36.8 Å². The molecular weight excluding hydrogens is 1350 g/mol. The molecule has 12 rings (SSSR count). The van der Waals surface area contributed by atoms with Crippen molar-refractivity contribution >= 4 is 0 Å². The van der Waals surface area contributed by atoms with Gasteiger partial charge in [0, 0.05) is 246 Å². The van der Waals surface area contributed by atoms with Crippen molar-refractivity contribution in [2.24, 2.45) is 0 Å². The van der Waals surface area contributed by atoms with Gasteiger partial charge in [-0.05, 0) is 174 Å². The average Bonchev–Trinajstić information content (AvgIpc) is 1.52. The third kappa shape index (κ3) is 39.9. The molecule has 0 spiro atoms. The predicted molar refractivity (Wildman–Crippen MR) is 428 cm³/mol. The predicted octanol–water partition coefficient (Wildman–Crippen LogP) is 8.10. The summed E-state index contributed by atoms with van der Waals surface area (Å²) in [6.45, 7) is 55.4. The maximum atomic E-state index is 5.68. The first kappa shape index (κ1) is 89.6. The van der Waals surface area contributed by atoms with Crippen LogP contribution in [0.4, 0.5) is 0 Å². The topological polar surface area (TPSA) is 200 Å². The number of likely N-dealkylation sites (tertiary alicyclic amines) is 1. The highest BCUT2D eigenvalue weighted by Gasteiger charge is 2.32.